The van der Waals surface area contributed by atoms with Crippen LogP contribution in [-0.4, -0.2) is 67.5 Å². The Labute approximate surface area is 172 Å². The van der Waals surface area contributed by atoms with Crippen LogP contribution in [0.2, 0.25) is 0 Å². The van der Waals surface area contributed by atoms with E-state index in [1.54, 1.807) is 38.0 Å². The highest BCUT2D eigenvalue weighted by Crippen LogP contribution is 2.41. The Kier molecular flexibility index (Phi) is 7.67. The predicted molar refractivity (Wildman–Crippen MR) is 111 cm³/mol. The van der Waals surface area contributed by atoms with Crippen LogP contribution in [0.1, 0.15) is 38.8 Å². The Morgan fingerprint density at radius 3 is 2.52 bits per heavy atom. The highest BCUT2D eigenvalue weighted by molar-refractivity contribution is 6.09. The first-order valence-electron chi connectivity index (χ1n) is 9.96. The number of Topliss-reactive ketones (excluding diaryl/α,β-unsaturated/α-hetero) is 1. The summed E-state index contributed by atoms with van der Waals surface area (Å²) in [6.07, 6.45) is 0.835. The fourth-order valence-corrected chi connectivity index (χ4v) is 3.29. The molecule has 0 saturated heterocycles. The summed E-state index contributed by atoms with van der Waals surface area (Å²) < 4.78 is 11.2. The molecule has 0 aromatic heterocycles. The van der Waals surface area contributed by atoms with Gasteiger partial charge in [-0.3, -0.25) is 9.59 Å². The number of aliphatic hydroxyl groups is 1. The fourth-order valence-electron chi connectivity index (χ4n) is 3.29. The molecule has 0 spiro atoms. The van der Waals surface area contributed by atoms with Crippen molar-refractivity contribution in [1.82, 2.24) is 9.80 Å². The van der Waals surface area contributed by atoms with Crippen molar-refractivity contribution >= 4 is 11.7 Å². The van der Waals surface area contributed by atoms with Gasteiger partial charge in [-0.25, -0.2) is 0 Å². The van der Waals surface area contributed by atoms with Crippen LogP contribution in [-0.2, 0) is 9.59 Å². The summed E-state index contributed by atoms with van der Waals surface area (Å²) >= 11 is 0. The number of carbonyl (C=O) groups excluding carboxylic acids is 2. The maximum atomic E-state index is 12.9. The monoisotopic (exact) mass is 404 g/mol. The second-order valence-corrected chi connectivity index (χ2v) is 7.74. The molecule has 2 rings (SSSR count). The molecule has 1 unspecified atom stereocenters. The zero-order valence-corrected chi connectivity index (χ0v) is 18.2. The van der Waals surface area contributed by atoms with Gasteiger partial charge in [-0.2, -0.15) is 0 Å². The van der Waals surface area contributed by atoms with Crippen LogP contribution in [0.4, 0.5) is 0 Å². The maximum Gasteiger partial charge on any atom is 0.290 e. The third-order valence-corrected chi connectivity index (χ3v) is 4.85. The standard InChI is InChI=1S/C22H32N2O5/c1-7-12-29-17-13-15(8-9-16(17)28-6)19-18(20(25)14(2)3)21(26)22(27)24(19)11-10-23(4)5/h8-9,13-14,19,26H,7,10-12H2,1-6H3. The first-order chi connectivity index (χ1) is 13.7. The number of carbonyl (C=O) groups is 2. The largest absolute Gasteiger partial charge is 0.503 e. The summed E-state index contributed by atoms with van der Waals surface area (Å²) in [5.74, 6) is -0.428. The zero-order valence-electron chi connectivity index (χ0n) is 18.2. The van der Waals surface area contributed by atoms with Crippen molar-refractivity contribution in [3.8, 4) is 11.5 Å². The van der Waals surface area contributed by atoms with Gasteiger partial charge in [0.05, 0.1) is 25.3 Å². The van der Waals surface area contributed by atoms with Gasteiger partial charge in [0.2, 0.25) is 0 Å². The Morgan fingerprint density at radius 1 is 1.28 bits per heavy atom. The molecule has 7 nitrogen and oxygen atoms in total. The van der Waals surface area contributed by atoms with Crippen LogP contribution in [0.3, 0.4) is 0 Å². The van der Waals surface area contributed by atoms with E-state index in [0.29, 0.717) is 36.8 Å². The van der Waals surface area contributed by atoms with Gasteiger partial charge < -0.3 is 24.4 Å². The molecule has 7 heteroatoms. The third kappa shape index (κ3) is 4.90. The summed E-state index contributed by atoms with van der Waals surface area (Å²) in [7, 11) is 5.38. The van der Waals surface area contributed by atoms with E-state index in [2.05, 4.69) is 0 Å². The number of nitrogens with zero attached hydrogens (tertiary/aromatic N) is 2. The van der Waals surface area contributed by atoms with Gasteiger partial charge >= 0.3 is 0 Å². The van der Waals surface area contributed by atoms with E-state index in [0.717, 1.165) is 6.42 Å². The molecule has 1 amide bonds. The number of rotatable bonds is 10. The quantitative estimate of drug-likeness (QED) is 0.646. The molecule has 29 heavy (non-hydrogen) atoms. The average molecular weight is 405 g/mol. The Hall–Kier alpha value is -2.54. The van der Waals surface area contributed by atoms with E-state index in [-0.39, 0.29) is 17.3 Å². The van der Waals surface area contributed by atoms with E-state index in [4.69, 9.17) is 9.47 Å². The van der Waals surface area contributed by atoms with Crippen LogP contribution >= 0.6 is 0 Å². The van der Waals surface area contributed by atoms with Crippen LogP contribution in [0, 0.1) is 5.92 Å². The molecule has 0 radical (unpaired) electrons. The summed E-state index contributed by atoms with van der Waals surface area (Å²) in [4.78, 5) is 29.2. The maximum absolute atomic E-state index is 12.9. The topological polar surface area (TPSA) is 79.3 Å². The first kappa shape index (κ1) is 22.7. The molecule has 1 N–H and O–H groups in total. The lowest BCUT2D eigenvalue weighted by molar-refractivity contribution is -0.129. The number of methoxy groups -OCH3 is 1. The first-order valence-corrected chi connectivity index (χ1v) is 9.96. The van der Waals surface area contributed by atoms with Crippen molar-refractivity contribution in [3.63, 3.8) is 0 Å². The van der Waals surface area contributed by atoms with Crippen LogP contribution in [0.15, 0.2) is 29.5 Å². The van der Waals surface area contributed by atoms with Crippen molar-refractivity contribution in [2.24, 2.45) is 5.92 Å². The number of ether oxygens (including phenoxy) is 2. The van der Waals surface area contributed by atoms with Gasteiger partial charge in [-0.15, -0.1) is 0 Å². The number of hydrogen-bond donors (Lipinski definition) is 1. The van der Waals surface area contributed by atoms with Crippen molar-refractivity contribution in [3.05, 3.63) is 35.1 Å². The molecule has 1 aliphatic rings. The molecule has 1 aliphatic heterocycles. The molecule has 0 fully saturated rings. The summed E-state index contributed by atoms with van der Waals surface area (Å²) in [6, 6.07) is 4.71. The van der Waals surface area contributed by atoms with E-state index >= 15 is 0 Å². The van der Waals surface area contributed by atoms with E-state index in [9.17, 15) is 14.7 Å². The second-order valence-electron chi connectivity index (χ2n) is 7.74. The highest BCUT2D eigenvalue weighted by Gasteiger charge is 2.44. The number of benzene rings is 1. The van der Waals surface area contributed by atoms with Gasteiger partial charge in [0.25, 0.3) is 5.91 Å². The summed E-state index contributed by atoms with van der Waals surface area (Å²) in [5.41, 5.74) is 0.854. The van der Waals surface area contributed by atoms with E-state index < -0.39 is 17.7 Å². The number of ketones is 1. The molecule has 0 aliphatic carbocycles. The molecule has 1 atom stereocenters. The predicted octanol–water partition coefficient (Wildman–Crippen LogP) is 2.97. The minimum Gasteiger partial charge on any atom is -0.503 e. The molecular formula is C22H32N2O5. The Balaban J connectivity index is 2.54. The van der Waals surface area contributed by atoms with Crippen molar-refractivity contribution < 1.29 is 24.2 Å². The fraction of sp³-hybridized carbons (Fsp3) is 0.545. The normalized spacial score (nSPS) is 16.9. The molecule has 1 aromatic rings. The van der Waals surface area contributed by atoms with Crippen LogP contribution < -0.4 is 9.47 Å². The number of aliphatic hydroxyl groups excluding tert-OH is 1. The van der Waals surface area contributed by atoms with E-state index in [1.807, 2.05) is 32.0 Å². The molecule has 160 valence electrons. The Bertz CT molecular complexity index is 785. The third-order valence-electron chi connectivity index (χ3n) is 4.85. The zero-order chi connectivity index (χ0) is 21.7. The van der Waals surface area contributed by atoms with Gasteiger partial charge in [-0.05, 0) is 38.2 Å². The summed E-state index contributed by atoms with van der Waals surface area (Å²) in [5, 5.41) is 10.6. The highest BCUT2D eigenvalue weighted by atomic mass is 16.5. The summed E-state index contributed by atoms with van der Waals surface area (Å²) in [6.45, 7) is 7.04. The van der Waals surface area contributed by atoms with Crippen molar-refractivity contribution in [2.45, 2.75) is 33.2 Å². The minimum atomic E-state index is -0.660. The lowest BCUT2D eigenvalue weighted by Crippen LogP contribution is -2.36. The minimum absolute atomic E-state index is 0.148. The van der Waals surface area contributed by atoms with Gasteiger partial charge in [-0.1, -0.05) is 26.8 Å². The number of likely N-dealkylation sites (N-methyl/N-ethyl adjacent to an activating group) is 1. The van der Waals surface area contributed by atoms with E-state index in [1.165, 1.54) is 0 Å². The lowest BCUT2D eigenvalue weighted by atomic mass is 9.91. The van der Waals surface area contributed by atoms with Gasteiger partial charge in [0, 0.05) is 19.0 Å². The molecular weight excluding hydrogens is 372 g/mol. The molecule has 1 aromatic carbocycles. The SMILES string of the molecule is CCCOc1cc(C2C(C(=O)C(C)C)=C(O)C(=O)N2CCN(C)C)ccc1OC. The molecule has 0 saturated carbocycles. The van der Waals surface area contributed by atoms with Crippen LogP contribution in [0.5, 0.6) is 11.5 Å². The van der Waals surface area contributed by atoms with Gasteiger partial charge in [0.15, 0.2) is 23.0 Å². The van der Waals surface area contributed by atoms with Crippen molar-refractivity contribution in [1.29, 1.82) is 0 Å². The van der Waals surface area contributed by atoms with Crippen molar-refractivity contribution in [2.75, 3.05) is 40.9 Å². The average Bonchev–Trinajstić information content (AvgIpc) is 2.94. The van der Waals surface area contributed by atoms with Crippen LogP contribution in [0.25, 0.3) is 0 Å². The Morgan fingerprint density at radius 2 is 1.97 bits per heavy atom. The number of hydrogen-bond acceptors (Lipinski definition) is 6. The van der Waals surface area contributed by atoms with Gasteiger partial charge in [0.1, 0.15) is 0 Å². The molecule has 0 bridgehead atoms. The number of amides is 1. The molecule has 1 heterocycles. The smallest absolute Gasteiger partial charge is 0.290 e. The lowest BCUT2D eigenvalue weighted by Gasteiger charge is -2.29. The second kappa shape index (κ2) is 9.78.